The molecule has 3 aromatic rings. The number of fused-ring (bicyclic) bond motifs is 1. The van der Waals surface area contributed by atoms with E-state index in [2.05, 4.69) is 30.5 Å². The third kappa shape index (κ3) is 4.36. The van der Waals surface area contributed by atoms with E-state index in [1.807, 2.05) is 43.3 Å². The second-order valence-electron chi connectivity index (χ2n) is 7.22. The Kier molecular flexibility index (Phi) is 5.32. The molecule has 28 heavy (non-hydrogen) atoms. The number of hydrogen-bond donors (Lipinski definition) is 2. The highest BCUT2D eigenvalue weighted by Crippen LogP contribution is 2.22. The standard InChI is InChI=1S/C21H24N6O/c1-15-4-6-17(7-5-15)25-21(28)24-13-16-3-2-12-27(14-16)19-9-8-18-20(26-19)23-11-10-22-18/h4-11,16H,2-3,12-14H2,1H3,(H2,24,25,28). The minimum absolute atomic E-state index is 0.167. The Morgan fingerprint density at radius 2 is 1.96 bits per heavy atom. The number of urea groups is 1. The van der Waals surface area contributed by atoms with Gasteiger partial charge in [-0.25, -0.2) is 14.8 Å². The fourth-order valence-corrected chi connectivity index (χ4v) is 3.51. The molecule has 0 saturated carbocycles. The average Bonchev–Trinajstić information content (AvgIpc) is 2.74. The highest BCUT2D eigenvalue weighted by atomic mass is 16.2. The van der Waals surface area contributed by atoms with Crippen LogP contribution in [0, 0.1) is 12.8 Å². The molecular formula is C21H24N6O. The van der Waals surface area contributed by atoms with Crippen molar-refractivity contribution in [2.75, 3.05) is 29.9 Å². The largest absolute Gasteiger partial charge is 0.356 e. The number of carbonyl (C=O) groups is 1. The first-order valence-corrected chi connectivity index (χ1v) is 9.61. The molecule has 1 atom stereocenters. The van der Waals surface area contributed by atoms with Crippen LogP contribution in [0.25, 0.3) is 11.2 Å². The maximum atomic E-state index is 12.2. The van der Waals surface area contributed by atoms with Crippen LogP contribution in [-0.2, 0) is 0 Å². The lowest BCUT2D eigenvalue weighted by atomic mass is 9.98. The zero-order valence-corrected chi connectivity index (χ0v) is 15.9. The summed E-state index contributed by atoms with van der Waals surface area (Å²) in [4.78, 5) is 27.7. The summed E-state index contributed by atoms with van der Waals surface area (Å²) in [6, 6.07) is 11.6. The van der Waals surface area contributed by atoms with Gasteiger partial charge in [-0.15, -0.1) is 0 Å². The van der Waals surface area contributed by atoms with E-state index in [0.29, 0.717) is 18.1 Å². The molecule has 1 fully saturated rings. The van der Waals surface area contributed by atoms with E-state index in [1.165, 1.54) is 5.56 Å². The van der Waals surface area contributed by atoms with Crippen molar-refractivity contribution in [3.63, 3.8) is 0 Å². The predicted molar refractivity (Wildman–Crippen MR) is 110 cm³/mol. The molecule has 1 aliphatic heterocycles. The van der Waals surface area contributed by atoms with Gasteiger partial charge < -0.3 is 15.5 Å². The van der Waals surface area contributed by atoms with Gasteiger partial charge in [-0.2, -0.15) is 0 Å². The van der Waals surface area contributed by atoms with Gasteiger partial charge in [-0.3, -0.25) is 4.98 Å². The molecule has 3 heterocycles. The topological polar surface area (TPSA) is 83.0 Å². The molecular weight excluding hydrogens is 352 g/mol. The minimum atomic E-state index is -0.167. The second kappa shape index (κ2) is 8.21. The van der Waals surface area contributed by atoms with Crippen LogP contribution in [0.4, 0.5) is 16.3 Å². The van der Waals surface area contributed by atoms with E-state index in [9.17, 15) is 4.79 Å². The molecule has 1 unspecified atom stereocenters. The highest BCUT2D eigenvalue weighted by molar-refractivity contribution is 5.89. The highest BCUT2D eigenvalue weighted by Gasteiger charge is 2.21. The van der Waals surface area contributed by atoms with Gasteiger partial charge in [-0.1, -0.05) is 17.7 Å². The van der Waals surface area contributed by atoms with Crippen LogP contribution in [0.5, 0.6) is 0 Å². The summed E-state index contributed by atoms with van der Waals surface area (Å²) >= 11 is 0. The quantitative estimate of drug-likeness (QED) is 0.729. The number of aromatic nitrogens is 3. The molecule has 1 saturated heterocycles. The summed E-state index contributed by atoms with van der Waals surface area (Å²) in [5.74, 6) is 1.30. The van der Waals surface area contributed by atoms with Crippen LogP contribution < -0.4 is 15.5 Å². The first kappa shape index (κ1) is 18.2. The molecule has 0 spiro atoms. The molecule has 2 N–H and O–H groups in total. The minimum Gasteiger partial charge on any atom is -0.356 e. The van der Waals surface area contributed by atoms with Crippen molar-refractivity contribution in [2.45, 2.75) is 19.8 Å². The lowest BCUT2D eigenvalue weighted by Gasteiger charge is -2.33. The van der Waals surface area contributed by atoms with E-state index in [-0.39, 0.29) is 6.03 Å². The van der Waals surface area contributed by atoms with Crippen LogP contribution in [-0.4, -0.2) is 40.6 Å². The van der Waals surface area contributed by atoms with Crippen molar-refractivity contribution in [3.05, 3.63) is 54.4 Å². The van der Waals surface area contributed by atoms with Crippen molar-refractivity contribution in [3.8, 4) is 0 Å². The van der Waals surface area contributed by atoms with E-state index in [4.69, 9.17) is 0 Å². The Morgan fingerprint density at radius 1 is 1.14 bits per heavy atom. The van der Waals surface area contributed by atoms with E-state index >= 15 is 0 Å². The van der Waals surface area contributed by atoms with Crippen molar-refractivity contribution in [1.82, 2.24) is 20.3 Å². The number of benzene rings is 1. The molecule has 1 aliphatic rings. The normalized spacial score (nSPS) is 16.8. The number of anilines is 2. The van der Waals surface area contributed by atoms with Crippen molar-refractivity contribution >= 4 is 28.7 Å². The van der Waals surface area contributed by atoms with E-state index < -0.39 is 0 Å². The Balaban J connectivity index is 1.33. The summed E-state index contributed by atoms with van der Waals surface area (Å²) in [6.45, 7) is 4.49. The molecule has 7 heteroatoms. The van der Waals surface area contributed by atoms with Gasteiger partial charge in [-0.05, 0) is 49.9 Å². The number of rotatable bonds is 4. The smallest absolute Gasteiger partial charge is 0.319 e. The second-order valence-corrected chi connectivity index (χ2v) is 7.22. The molecule has 2 aromatic heterocycles. The number of aryl methyl sites for hydroxylation is 1. The third-order valence-corrected chi connectivity index (χ3v) is 5.02. The Morgan fingerprint density at radius 3 is 2.82 bits per heavy atom. The molecule has 0 bridgehead atoms. The van der Waals surface area contributed by atoms with E-state index in [0.717, 1.165) is 43.0 Å². The average molecular weight is 376 g/mol. The summed E-state index contributed by atoms with van der Waals surface area (Å²) < 4.78 is 0. The number of nitrogens with zero attached hydrogens (tertiary/aromatic N) is 4. The van der Waals surface area contributed by atoms with Crippen molar-refractivity contribution in [2.24, 2.45) is 5.92 Å². The molecule has 1 aromatic carbocycles. The van der Waals surface area contributed by atoms with Gasteiger partial charge in [0.2, 0.25) is 0 Å². The molecule has 144 valence electrons. The van der Waals surface area contributed by atoms with Crippen molar-refractivity contribution < 1.29 is 4.79 Å². The van der Waals surface area contributed by atoms with Crippen LogP contribution in [0.15, 0.2) is 48.8 Å². The van der Waals surface area contributed by atoms with Crippen LogP contribution in [0.3, 0.4) is 0 Å². The fraction of sp³-hybridized carbons (Fsp3) is 0.333. The molecule has 2 amide bonds. The lowest BCUT2D eigenvalue weighted by molar-refractivity contribution is 0.249. The first-order valence-electron chi connectivity index (χ1n) is 9.61. The summed E-state index contributed by atoms with van der Waals surface area (Å²) in [6.07, 6.45) is 5.50. The number of amides is 2. The van der Waals surface area contributed by atoms with Gasteiger partial charge in [0, 0.05) is 37.7 Å². The lowest BCUT2D eigenvalue weighted by Crippen LogP contribution is -2.42. The Labute approximate surface area is 164 Å². The summed E-state index contributed by atoms with van der Waals surface area (Å²) in [5.41, 5.74) is 3.43. The Bertz CT molecular complexity index is 959. The number of nitrogens with one attached hydrogen (secondary N) is 2. The number of pyridine rings is 1. The summed E-state index contributed by atoms with van der Waals surface area (Å²) in [7, 11) is 0. The zero-order valence-electron chi connectivity index (χ0n) is 15.9. The van der Waals surface area contributed by atoms with Crippen LogP contribution >= 0.6 is 0 Å². The van der Waals surface area contributed by atoms with E-state index in [1.54, 1.807) is 12.4 Å². The fourth-order valence-electron chi connectivity index (χ4n) is 3.51. The number of carbonyl (C=O) groups excluding carboxylic acids is 1. The molecule has 0 aliphatic carbocycles. The predicted octanol–water partition coefficient (Wildman–Crippen LogP) is 3.37. The molecule has 4 rings (SSSR count). The Hall–Kier alpha value is -3.22. The SMILES string of the molecule is Cc1ccc(NC(=O)NCC2CCCN(c3ccc4nccnc4n3)C2)cc1. The van der Waals surface area contributed by atoms with Gasteiger partial charge in [0.15, 0.2) is 5.65 Å². The van der Waals surface area contributed by atoms with Gasteiger partial charge in [0.1, 0.15) is 11.3 Å². The number of hydrogen-bond acceptors (Lipinski definition) is 5. The van der Waals surface area contributed by atoms with Crippen molar-refractivity contribution in [1.29, 1.82) is 0 Å². The molecule has 0 radical (unpaired) electrons. The van der Waals surface area contributed by atoms with Gasteiger partial charge in [0.05, 0.1) is 0 Å². The first-order chi connectivity index (χ1) is 13.7. The third-order valence-electron chi connectivity index (χ3n) is 5.02. The van der Waals surface area contributed by atoms with Gasteiger partial charge >= 0.3 is 6.03 Å². The van der Waals surface area contributed by atoms with Crippen LogP contribution in [0.2, 0.25) is 0 Å². The maximum absolute atomic E-state index is 12.2. The van der Waals surface area contributed by atoms with Gasteiger partial charge in [0.25, 0.3) is 0 Å². The maximum Gasteiger partial charge on any atom is 0.319 e. The molecule has 7 nitrogen and oxygen atoms in total. The number of piperidine rings is 1. The summed E-state index contributed by atoms with van der Waals surface area (Å²) in [5, 5.41) is 5.88. The zero-order chi connectivity index (χ0) is 19.3. The monoisotopic (exact) mass is 376 g/mol. The van der Waals surface area contributed by atoms with Crippen LogP contribution in [0.1, 0.15) is 18.4 Å².